The molecule has 0 radical (unpaired) electrons. The first-order chi connectivity index (χ1) is 9.33. The quantitative estimate of drug-likeness (QED) is 0.875. The Balaban J connectivity index is 2.18. The summed E-state index contributed by atoms with van der Waals surface area (Å²) in [7, 11) is -2.39. The molecule has 1 aromatic rings. The third-order valence-corrected chi connectivity index (χ3v) is 4.32. The number of carbonyl (C=O) groups is 1. The minimum atomic E-state index is -3.68. The zero-order chi connectivity index (χ0) is 14.9. The second kappa shape index (κ2) is 5.55. The van der Waals surface area contributed by atoms with Crippen LogP contribution in [-0.4, -0.2) is 51.6 Å². The monoisotopic (exact) mass is 302 g/mol. The van der Waals surface area contributed by atoms with E-state index in [1.807, 2.05) is 13.8 Å². The molecule has 1 aromatic heterocycles. The molecule has 112 valence electrons. The predicted octanol–water partition coefficient (Wildman–Crippen LogP) is 0.437. The molecule has 2 unspecified atom stereocenters. The van der Waals surface area contributed by atoms with Crippen LogP contribution in [0.1, 0.15) is 24.4 Å². The Labute approximate surface area is 117 Å². The predicted molar refractivity (Wildman–Crippen MR) is 70.9 cm³/mol. The van der Waals surface area contributed by atoms with Gasteiger partial charge in [-0.1, -0.05) is 0 Å². The number of carbonyl (C=O) groups excluding carboxylic acids is 1. The molecule has 1 aliphatic rings. The van der Waals surface area contributed by atoms with Crippen LogP contribution in [0.4, 0.5) is 0 Å². The lowest BCUT2D eigenvalue weighted by atomic mass is 10.2. The Morgan fingerprint density at radius 3 is 2.45 bits per heavy atom. The van der Waals surface area contributed by atoms with Crippen LogP contribution in [-0.2, 0) is 14.8 Å². The number of nitrogens with one attached hydrogen (secondary N) is 1. The van der Waals surface area contributed by atoms with Crippen LogP contribution in [0.15, 0.2) is 21.6 Å². The van der Waals surface area contributed by atoms with E-state index in [-0.39, 0.29) is 29.0 Å². The zero-order valence-electron chi connectivity index (χ0n) is 11.6. The van der Waals surface area contributed by atoms with Crippen molar-refractivity contribution in [3.8, 4) is 0 Å². The van der Waals surface area contributed by atoms with Gasteiger partial charge in [0, 0.05) is 13.1 Å². The second-order valence-electron chi connectivity index (χ2n) is 4.79. The van der Waals surface area contributed by atoms with Gasteiger partial charge in [-0.05, 0) is 33.0 Å². The van der Waals surface area contributed by atoms with Crippen molar-refractivity contribution in [1.82, 2.24) is 9.62 Å². The first kappa shape index (κ1) is 15.0. The first-order valence-corrected chi connectivity index (χ1v) is 7.80. The molecule has 1 aliphatic heterocycles. The third-order valence-electron chi connectivity index (χ3n) is 3.03. The summed E-state index contributed by atoms with van der Waals surface area (Å²) in [5, 5.41) is -0.266. The second-order valence-corrected chi connectivity index (χ2v) is 6.61. The number of furan rings is 1. The van der Waals surface area contributed by atoms with Crippen molar-refractivity contribution in [2.75, 3.05) is 20.1 Å². The van der Waals surface area contributed by atoms with E-state index in [4.69, 9.17) is 9.15 Å². The average molecular weight is 302 g/mol. The van der Waals surface area contributed by atoms with Crippen molar-refractivity contribution in [2.24, 2.45) is 0 Å². The maximum Gasteiger partial charge on any atom is 0.289 e. The number of morpholine rings is 1. The number of sulfonamides is 1. The van der Waals surface area contributed by atoms with Gasteiger partial charge in [0.25, 0.3) is 15.9 Å². The van der Waals surface area contributed by atoms with Crippen LogP contribution < -0.4 is 4.72 Å². The van der Waals surface area contributed by atoms with E-state index in [9.17, 15) is 13.2 Å². The fourth-order valence-electron chi connectivity index (χ4n) is 2.18. The number of hydrogen-bond acceptors (Lipinski definition) is 5. The molecule has 1 saturated heterocycles. The molecule has 0 aromatic carbocycles. The zero-order valence-corrected chi connectivity index (χ0v) is 12.4. The number of ether oxygens (including phenoxy) is 1. The van der Waals surface area contributed by atoms with E-state index in [1.165, 1.54) is 19.2 Å². The van der Waals surface area contributed by atoms with Crippen LogP contribution in [0.2, 0.25) is 0 Å². The van der Waals surface area contributed by atoms with Crippen molar-refractivity contribution >= 4 is 15.9 Å². The lowest BCUT2D eigenvalue weighted by molar-refractivity contribution is -0.0593. The molecule has 0 spiro atoms. The van der Waals surface area contributed by atoms with Gasteiger partial charge in [0.1, 0.15) is 0 Å². The van der Waals surface area contributed by atoms with Gasteiger partial charge < -0.3 is 14.1 Å². The summed E-state index contributed by atoms with van der Waals surface area (Å²) in [5.41, 5.74) is 0. The van der Waals surface area contributed by atoms with Gasteiger partial charge in [0.05, 0.1) is 12.2 Å². The molecule has 2 atom stereocenters. The van der Waals surface area contributed by atoms with Gasteiger partial charge in [0.2, 0.25) is 5.09 Å². The van der Waals surface area contributed by atoms with E-state index in [0.717, 1.165) is 0 Å². The molecule has 2 heterocycles. The summed E-state index contributed by atoms with van der Waals surface area (Å²) in [5.74, 6) is -0.315. The summed E-state index contributed by atoms with van der Waals surface area (Å²) in [6, 6.07) is 2.64. The highest BCUT2D eigenvalue weighted by atomic mass is 32.2. The highest BCUT2D eigenvalue weighted by Crippen LogP contribution is 2.18. The molecule has 0 saturated carbocycles. The number of rotatable bonds is 3. The van der Waals surface area contributed by atoms with Crippen LogP contribution >= 0.6 is 0 Å². The molecular formula is C12H18N2O5S. The smallest absolute Gasteiger partial charge is 0.289 e. The van der Waals surface area contributed by atoms with Crippen molar-refractivity contribution in [3.63, 3.8) is 0 Å². The van der Waals surface area contributed by atoms with Crippen molar-refractivity contribution < 1.29 is 22.4 Å². The third kappa shape index (κ3) is 3.02. The van der Waals surface area contributed by atoms with E-state index >= 15 is 0 Å². The summed E-state index contributed by atoms with van der Waals surface area (Å²) in [6.45, 7) is 4.68. The molecule has 7 nitrogen and oxygen atoms in total. The molecule has 0 aliphatic carbocycles. The van der Waals surface area contributed by atoms with Gasteiger partial charge in [-0.2, -0.15) is 0 Å². The molecule has 1 fully saturated rings. The van der Waals surface area contributed by atoms with E-state index in [2.05, 4.69) is 4.72 Å². The lowest BCUT2D eigenvalue weighted by Gasteiger charge is -2.34. The van der Waals surface area contributed by atoms with Crippen LogP contribution in [0.25, 0.3) is 0 Å². The van der Waals surface area contributed by atoms with Gasteiger partial charge >= 0.3 is 0 Å². The first-order valence-electron chi connectivity index (χ1n) is 6.31. The molecule has 0 bridgehead atoms. The highest BCUT2D eigenvalue weighted by Gasteiger charge is 2.29. The maximum absolute atomic E-state index is 12.3. The van der Waals surface area contributed by atoms with Crippen molar-refractivity contribution in [2.45, 2.75) is 31.1 Å². The topological polar surface area (TPSA) is 88.9 Å². The minimum Gasteiger partial charge on any atom is -0.438 e. The Morgan fingerprint density at radius 2 is 1.90 bits per heavy atom. The molecule has 1 N–H and O–H groups in total. The number of nitrogens with zero attached hydrogens (tertiary/aromatic N) is 1. The Kier molecular flexibility index (Phi) is 4.17. The van der Waals surface area contributed by atoms with Crippen LogP contribution in [0.3, 0.4) is 0 Å². The molecule has 8 heteroatoms. The fourth-order valence-corrected chi connectivity index (χ4v) is 2.83. The summed E-state index contributed by atoms with van der Waals surface area (Å²) in [4.78, 5) is 13.9. The SMILES string of the molecule is CNS(=O)(=O)c1ccc(C(=O)N2CC(C)OC(C)C2)o1. The highest BCUT2D eigenvalue weighted by molar-refractivity contribution is 7.89. The fraction of sp³-hybridized carbons (Fsp3) is 0.583. The van der Waals surface area contributed by atoms with Gasteiger partial charge in [-0.25, -0.2) is 13.1 Å². The summed E-state index contributed by atoms with van der Waals surface area (Å²) in [6.07, 6.45) is -0.114. The summed E-state index contributed by atoms with van der Waals surface area (Å²) >= 11 is 0. The molecule has 2 rings (SSSR count). The van der Waals surface area contributed by atoms with Crippen LogP contribution in [0, 0.1) is 0 Å². The molecule has 20 heavy (non-hydrogen) atoms. The average Bonchev–Trinajstić information content (AvgIpc) is 2.87. The lowest BCUT2D eigenvalue weighted by Crippen LogP contribution is -2.48. The Hall–Kier alpha value is -1.38. The van der Waals surface area contributed by atoms with Gasteiger partial charge in [-0.15, -0.1) is 0 Å². The summed E-state index contributed by atoms with van der Waals surface area (Å²) < 4.78 is 36.0. The van der Waals surface area contributed by atoms with E-state index < -0.39 is 10.0 Å². The normalized spacial score (nSPS) is 23.9. The van der Waals surface area contributed by atoms with Gasteiger partial charge in [-0.3, -0.25) is 4.79 Å². The Morgan fingerprint density at radius 1 is 1.30 bits per heavy atom. The Bertz CT molecular complexity index is 585. The standard InChI is InChI=1S/C12H18N2O5S/c1-8-6-14(7-9(2)18-8)12(15)10-4-5-11(19-10)20(16,17)13-3/h4-5,8-9,13H,6-7H2,1-3H3. The number of hydrogen-bond donors (Lipinski definition) is 1. The van der Waals surface area contributed by atoms with E-state index in [0.29, 0.717) is 13.1 Å². The van der Waals surface area contributed by atoms with Crippen LogP contribution in [0.5, 0.6) is 0 Å². The van der Waals surface area contributed by atoms with E-state index in [1.54, 1.807) is 4.90 Å². The minimum absolute atomic E-state index is 0.0140. The maximum atomic E-state index is 12.3. The van der Waals surface area contributed by atoms with Crippen molar-refractivity contribution in [3.05, 3.63) is 17.9 Å². The molecule has 1 amide bonds. The number of amides is 1. The molecular weight excluding hydrogens is 284 g/mol. The largest absolute Gasteiger partial charge is 0.438 e. The van der Waals surface area contributed by atoms with Crippen molar-refractivity contribution in [1.29, 1.82) is 0 Å². The van der Waals surface area contributed by atoms with Gasteiger partial charge in [0.15, 0.2) is 5.76 Å².